The second-order valence-electron chi connectivity index (χ2n) is 14.1. The van der Waals surface area contributed by atoms with Crippen LogP contribution < -0.4 is 10.6 Å². The quantitative estimate of drug-likeness (QED) is 0.106. The van der Waals surface area contributed by atoms with E-state index in [2.05, 4.69) is 51.7 Å². The van der Waals surface area contributed by atoms with Crippen molar-refractivity contribution in [1.82, 2.24) is 45.3 Å². The van der Waals surface area contributed by atoms with Crippen LogP contribution in [0.3, 0.4) is 0 Å². The van der Waals surface area contributed by atoms with E-state index in [0.717, 1.165) is 42.3 Å². The van der Waals surface area contributed by atoms with E-state index in [4.69, 9.17) is 11.6 Å². The van der Waals surface area contributed by atoms with E-state index in [1.54, 1.807) is 41.3 Å². The Labute approximate surface area is 294 Å². The lowest BCUT2D eigenvalue weighted by molar-refractivity contribution is -0.121. The molecule has 2 aliphatic rings. The molecule has 12 nitrogen and oxygen atoms in total. The third-order valence-corrected chi connectivity index (χ3v) is 9.08. The van der Waals surface area contributed by atoms with E-state index < -0.39 is 24.2 Å². The van der Waals surface area contributed by atoms with Crippen molar-refractivity contribution < 1.29 is 18.4 Å². The molecule has 2 amide bonds. The number of hydrogen-bond donors (Lipinski definition) is 3. The van der Waals surface area contributed by atoms with Gasteiger partial charge in [-0.05, 0) is 73.3 Å². The zero-order valence-corrected chi connectivity index (χ0v) is 29.0. The summed E-state index contributed by atoms with van der Waals surface area (Å²) >= 11 is 6.51. The molecule has 2 fully saturated rings. The van der Waals surface area contributed by atoms with Gasteiger partial charge in [-0.2, -0.15) is 20.1 Å². The average molecular weight is 707 g/mol. The zero-order chi connectivity index (χ0) is 35.6. The van der Waals surface area contributed by atoms with E-state index >= 15 is 0 Å². The predicted molar refractivity (Wildman–Crippen MR) is 184 cm³/mol. The number of hydrogen-bond acceptors (Lipinski definition) is 7. The van der Waals surface area contributed by atoms with Crippen LogP contribution in [-0.2, 0) is 4.79 Å². The van der Waals surface area contributed by atoms with Gasteiger partial charge in [0, 0.05) is 30.6 Å². The second kappa shape index (κ2) is 14.6. The summed E-state index contributed by atoms with van der Waals surface area (Å²) in [6.45, 7) is 6.60. The Kier molecular flexibility index (Phi) is 10.3. The van der Waals surface area contributed by atoms with Crippen molar-refractivity contribution in [3.8, 4) is 16.9 Å². The van der Waals surface area contributed by atoms with Crippen LogP contribution in [0.2, 0.25) is 5.02 Å². The fraction of sp³-hybridized carbons (Fsp3) is 0.457. The molecule has 0 radical (unpaired) electrons. The van der Waals surface area contributed by atoms with Gasteiger partial charge in [0.1, 0.15) is 12.0 Å². The molecule has 0 spiro atoms. The highest BCUT2D eigenvalue weighted by molar-refractivity contribution is 6.32. The molecule has 0 bridgehead atoms. The van der Waals surface area contributed by atoms with Crippen molar-refractivity contribution >= 4 is 29.4 Å². The molecule has 2 heterocycles. The number of halogens is 3. The van der Waals surface area contributed by atoms with E-state index in [-0.39, 0.29) is 34.5 Å². The van der Waals surface area contributed by atoms with Gasteiger partial charge in [0.2, 0.25) is 5.91 Å². The molecular formula is C35H41ClF2N10O2. The van der Waals surface area contributed by atoms with Crippen LogP contribution >= 0.6 is 11.6 Å². The van der Waals surface area contributed by atoms with Crippen LogP contribution in [0.15, 0.2) is 55.0 Å². The first kappa shape index (κ1) is 35.1. The Morgan fingerprint density at radius 3 is 2.46 bits per heavy atom. The van der Waals surface area contributed by atoms with Crippen molar-refractivity contribution in [3.05, 3.63) is 77.0 Å². The SMILES string of the molecule is CC(C)(C)CCNC(=N)N(C(=O)c1ccc(-c2cnn(C3CC3)n2)cc1)[C@H](CNC(=O)CC1CC1)c1ccc(Cl)c(-n2ncnc2C(F)F)c1. The van der Waals surface area contributed by atoms with Crippen LogP contribution in [-0.4, -0.2) is 65.5 Å². The number of nitrogens with zero attached hydrogens (tertiary/aromatic N) is 7. The summed E-state index contributed by atoms with van der Waals surface area (Å²) < 4.78 is 28.7. The minimum absolute atomic E-state index is 0.0409. The highest BCUT2D eigenvalue weighted by Gasteiger charge is 2.33. The van der Waals surface area contributed by atoms with Crippen LogP contribution in [0.1, 0.15) is 99.6 Å². The predicted octanol–water partition coefficient (Wildman–Crippen LogP) is 6.51. The minimum atomic E-state index is -2.92. The van der Waals surface area contributed by atoms with Gasteiger partial charge in [0.15, 0.2) is 11.8 Å². The number of benzene rings is 2. The summed E-state index contributed by atoms with van der Waals surface area (Å²) in [6, 6.07) is 11.0. The Morgan fingerprint density at radius 1 is 1.06 bits per heavy atom. The number of nitrogens with one attached hydrogen (secondary N) is 3. The minimum Gasteiger partial charge on any atom is -0.356 e. The van der Waals surface area contributed by atoms with Crippen LogP contribution in [0.25, 0.3) is 16.9 Å². The second-order valence-corrected chi connectivity index (χ2v) is 14.5. The fourth-order valence-electron chi connectivity index (χ4n) is 5.56. The van der Waals surface area contributed by atoms with Crippen LogP contribution in [0, 0.1) is 16.7 Å². The molecule has 3 N–H and O–H groups in total. The van der Waals surface area contributed by atoms with Crippen molar-refractivity contribution in [1.29, 1.82) is 5.41 Å². The van der Waals surface area contributed by atoms with Crippen LogP contribution in [0.4, 0.5) is 8.78 Å². The van der Waals surface area contributed by atoms with Crippen molar-refractivity contribution in [3.63, 3.8) is 0 Å². The summed E-state index contributed by atoms with van der Waals surface area (Å²) in [6.07, 6.45) is 4.94. The average Bonchev–Trinajstić information content (AvgIpc) is 3.99. The maximum atomic E-state index is 14.5. The topological polar surface area (TPSA) is 147 Å². The van der Waals surface area contributed by atoms with Gasteiger partial charge >= 0.3 is 0 Å². The summed E-state index contributed by atoms with van der Waals surface area (Å²) in [5, 5.41) is 28.3. The molecular weight excluding hydrogens is 666 g/mol. The molecule has 0 unspecified atom stereocenters. The zero-order valence-electron chi connectivity index (χ0n) is 28.2. The van der Waals surface area contributed by atoms with Gasteiger partial charge in [-0.25, -0.2) is 18.4 Å². The summed E-state index contributed by atoms with van der Waals surface area (Å²) in [5.41, 5.74) is 2.29. The van der Waals surface area contributed by atoms with Gasteiger partial charge in [-0.15, -0.1) is 0 Å². The number of carbonyl (C=O) groups is 2. The van der Waals surface area contributed by atoms with Crippen molar-refractivity contribution in [2.75, 3.05) is 13.1 Å². The van der Waals surface area contributed by atoms with Crippen molar-refractivity contribution in [2.45, 2.75) is 77.8 Å². The third-order valence-electron chi connectivity index (χ3n) is 8.76. The summed E-state index contributed by atoms with van der Waals surface area (Å²) in [5.74, 6) is -1.12. The van der Waals surface area contributed by atoms with Gasteiger partial charge < -0.3 is 10.6 Å². The fourth-order valence-corrected chi connectivity index (χ4v) is 5.76. The molecule has 4 aromatic rings. The maximum Gasteiger partial charge on any atom is 0.297 e. The molecule has 2 aromatic heterocycles. The normalized spacial score (nSPS) is 15.2. The number of guanidine groups is 1. The summed E-state index contributed by atoms with van der Waals surface area (Å²) in [4.78, 5) is 34.2. The molecule has 2 aliphatic carbocycles. The summed E-state index contributed by atoms with van der Waals surface area (Å²) in [7, 11) is 0. The molecule has 2 aromatic carbocycles. The number of amides is 2. The number of aromatic nitrogens is 6. The smallest absolute Gasteiger partial charge is 0.297 e. The van der Waals surface area contributed by atoms with E-state index in [1.807, 2.05) is 0 Å². The number of carbonyl (C=O) groups excluding carboxylic acids is 2. The van der Waals surface area contributed by atoms with E-state index in [9.17, 15) is 23.8 Å². The Morgan fingerprint density at radius 2 is 1.80 bits per heavy atom. The van der Waals surface area contributed by atoms with E-state index in [1.165, 1.54) is 17.0 Å². The lowest BCUT2D eigenvalue weighted by Gasteiger charge is -2.33. The van der Waals surface area contributed by atoms with Gasteiger partial charge in [0.05, 0.1) is 29.0 Å². The number of rotatable bonds is 13. The molecule has 50 heavy (non-hydrogen) atoms. The highest BCUT2D eigenvalue weighted by Crippen LogP contribution is 2.35. The lowest BCUT2D eigenvalue weighted by atomic mass is 9.92. The van der Waals surface area contributed by atoms with Gasteiger partial charge in [-0.3, -0.25) is 19.9 Å². The van der Waals surface area contributed by atoms with E-state index in [0.29, 0.717) is 48.2 Å². The molecule has 2 saturated carbocycles. The first-order valence-corrected chi connectivity index (χ1v) is 17.2. The molecule has 6 rings (SSSR count). The molecule has 0 saturated heterocycles. The first-order valence-electron chi connectivity index (χ1n) is 16.8. The van der Waals surface area contributed by atoms with Gasteiger partial charge in [-0.1, -0.05) is 50.6 Å². The molecule has 264 valence electrons. The van der Waals surface area contributed by atoms with Gasteiger partial charge in [0.25, 0.3) is 12.3 Å². The lowest BCUT2D eigenvalue weighted by Crippen LogP contribution is -2.50. The monoisotopic (exact) mass is 706 g/mol. The Bertz CT molecular complexity index is 1840. The van der Waals surface area contributed by atoms with Crippen molar-refractivity contribution in [2.24, 2.45) is 11.3 Å². The Hall–Kier alpha value is -4.72. The molecule has 15 heteroatoms. The number of alkyl halides is 2. The Balaban J connectivity index is 1.36. The largest absolute Gasteiger partial charge is 0.356 e. The molecule has 1 atom stereocenters. The van der Waals surface area contributed by atoms with Crippen LogP contribution in [0.5, 0.6) is 0 Å². The third kappa shape index (κ3) is 8.52. The first-order chi connectivity index (χ1) is 23.9. The maximum absolute atomic E-state index is 14.5. The molecule has 0 aliphatic heterocycles. The highest BCUT2D eigenvalue weighted by atomic mass is 35.5. The standard InChI is InChI=1S/C35H41ClF2N10O2/c1-35(2,3)14-15-40-34(39)46(33(50)23-8-6-22(7-9-23)27-18-43-48(45-27)25-11-12-25)29(19-41-30(49)16-21-4-5-21)24-10-13-26(36)28(17-24)47-32(31(37)38)42-20-44-47/h6-10,13,17-18,20-21,25,29,31H,4-5,11-12,14-16,19H2,1-3H3,(H2,39,40)(H,41,49)/t29-/m1/s1.